The fraction of sp³-hybridized carbons (Fsp3) is 0.917. The number of rotatable bonds is 3. The molecule has 3 heteroatoms. The fourth-order valence-electron chi connectivity index (χ4n) is 1.88. The molecule has 1 aliphatic rings. The maximum atomic E-state index is 11.8. The van der Waals surface area contributed by atoms with Crippen molar-refractivity contribution in [2.75, 3.05) is 13.7 Å². The predicted octanol–water partition coefficient (Wildman–Crippen LogP) is 2.20. The van der Waals surface area contributed by atoms with Crippen LogP contribution in [0.4, 0.5) is 0 Å². The fourth-order valence-corrected chi connectivity index (χ4v) is 1.88. The van der Waals surface area contributed by atoms with Crippen LogP contribution in [0, 0.1) is 0 Å². The Morgan fingerprint density at radius 1 is 1.33 bits per heavy atom. The summed E-state index contributed by atoms with van der Waals surface area (Å²) < 4.78 is 5.48. The Bertz CT molecular complexity index is 214. The van der Waals surface area contributed by atoms with Crippen molar-refractivity contribution >= 4 is 5.91 Å². The number of hydrogen-bond acceptors (Lipinski definition) is 2. The Labute approximate surface area is 92.8 Å². The molecular formula is C12H23NO2. The van der Waals surface area contributed by atoms with E-state index in [0.29, 0.717) is 6.04 Å². The molecule has 88 valence electrons. The molecule has 0 atom stereocenters. The first-order chi connectivity index (χ1) is 6.90. The number of hydrogen-bond donors (Lipinski definition) is 0. The van der Waals surface area contributed by atoms with E-state index in [0.717, 1.165) is 12.8 Å². The van der Waals surface area contributed by atoms with Crippen LogP contribution >= 0.6 is 0 Å². The summed E-state index contributed by atoms with van der Waals surface area (Å²) in [7, 11) is 1.89. The molecule has 1 rings (SSSR count). The first-order valence-electron chi connectivity index (χ1n) is 5.80. The second-order valence-corrected chi connectivity index (χ2v) is 5.34. The van der Waals surface area contributed by atoms with Crippen molar-refractivity contribution in [3.05, 3.63) is 0 Å². The number of carbonyl (C=O) groups excluding carboxylic acids is 1. The quantitative estimate of drug-likeness (QED) is 0.719. The summed E-state index contributed by atoms with van der Waals surface area (Å²) in [4.78, 5) is 13.6. The molecule has 1 saturated carbocycles. The van der Waals surface area contributed by atoms with Crippen LogP contribution < -0.4 is 0 Å². The van der Waals surface area contributed by atoms with Crippen LogP contribution in [0.15, 0.2) is 0 Å². The lowest BCUT2D eigenvalue weighted by Gasteiger charge is -2.26. The lowest BCUT2D eigenvalue weighted by molar-refractivity contribution is -0.141. The van der Waals surface area contributed by atoms with E-state index < -0.39 is 0 Å². The molecule has 0 aliphatic heterocycles. The molecule has 0 unspecified atom stereocenters. The van der Waals surface area contributed by atoms with Gasteiger partial charge in [-0.15, -0.1) is 0 Å². The van der Waals surface area contributed by atoms with E-state index >= 15 is 0 Å². The minimum Gasteiger partial charge on any atom is -0.366 e. The number of carbonyl (C=O) groups is 1. The lowest BCUT2D eigenvalue weighted by Crippen LogP contribution is -2.39. The monoisotopic (exact) mass is 213 g/mol. The molecule has 0 saturated heterocycles. The highest BCUT2D eigenvalue weighted by molar-refractivity contribution is 5.77. The minimum atomic E-state index is -0.230. The van der Waals surface area contributed by atoms with Crippen LogP contribution in [0.2, 0.25) is 0 Å². The zero-order valence-electron chi connectivity index (χ0n) is 10.4. The van der Waals surface area contributed by atoms with Gasteiger partial charge in [0.25, 0.3) is 0 Å². The second-order valence-electron chi connectivity index (χ2n) is 5.34. The normalized spacial score (nSPS) is 18.1. The number of nitrogens with zero attached hydrogens (tertiary/aromatic N) is 1. The molecular weight excluding hydrogens is 190 g/mol. The average molecular weight is 213 g/mol. The van der Waals surface area contributed by atoms with Gasteiger partial charge in [-0.1, -0.05) is 12.8 Å². The Morgan fingerprint density at radius 3 is 2.33 bits per heavy atom. The first kappa shape index (κ1) is 12.5. The molecule has 3 nitrogen and oxygen atoms in total. The van der Waals surface area contributed by atoms with E-state index in [9.17, 15) is 4.79 Å². The van der Waals surface area contributed by atoms with Gasteiger partial charge < -0.3 is 9.64 Å². The molecule has 1 aliphatic carbocycles. The maximum absolute atomic E-state index is 11.8. The van der Waals surface area contributed by atoms with E-state index in [-0.39, 0.29) is 18.1 Å². The largest absolute Gasteiger partial charge is 0.366 e. The number of likely N-dealkylation sites (N-methyl/N-ethyl adjacent to an activating group) is 1. The summed E-state index contributed by atoms with van der Waals surface area (Å²) >= 11 is 0. The van der Waals surface area contributed by atoms with Gasteiger partial charge in [0.15, 0.2) is 0 Å². The summed E-state index contributed by atoms with van der Waals surface area (Å²) in [6, 6.07) is 0.445. The molecule has 0 N–H and O–H groups in total. The predicted molar refractivity (Wildman–Crippen MR) is 60.7 cm³/mol. The van der Waals surface area contributed by atoms with Crippen molar-refractivity contribution < 1.29 is 9.53 Å². The third-order valence-corrected chi connectivity index (χ3v) is 2.89. The van der Waals surface area contributed by atoms with Crippen LogP contribution in [0.1, 0.15) is 46.5 Å². The molecule has 0 heterocycles. The maximum Gasteiger partial charge on any atom is 0.248 e. The van der Waals surface area contributed by atoms with Gasteiger partial charge >= 0.3 is 0 Å². The van der Waals surface area contributed by atoms with Crippen LogP contribution in [0.25, 0.3) is 0 Å². The second kappa shape index (κ2) is 4.97. The SMILES string of the molecule is CN(C(=O)COC(C)(C)C)C1CCCC1. The van der Waals surface area contributed by atoms with Crippen LogP contribution in [0.5, 0.6) is 0 Å². The van der Waals surface area contributed by atoms with E-state index in [1.54, 1.807) is 0 Å². The third kappa shape index (κ3) is 4.20. The summed E-state index contributed by atoms with van der Waals surface area (Å²) in [5.41, 5.74) is -0.230. The molecule has 0 aromatic heterocycles. The number of ether oxygens (including phenoxy) is 1. The average Bonchev–Trinajstić information content (AvgIpc) is 2.64. The van der Waals surface area contributed by atoms with E-state index in [4.69, 9.17) is 4.74 Å². The molecule has 1 fully saturated rings. The summed E-state index contributed by atoms with van der Waals surface area (Å²) in [6.45, 7) is 6.11. The van der Waals surface area contributed by atoms with Gasteiger partial charge in [0.05, 0.1) is 5.60 Å². The van der Waals surface area contributed by atoms with Crippen molar-refractivity contribution in [3.8, 4) is 0 Å². The van der Waals surface area contributed by atoms with E-state index in [2.05, 4.69) is 0 Å². The van der Waals surface area contributed by atoms with Crippen molar-refractivity contribution in [1.82, 2.24) is 4.90 Å². The zero-order chi connectivity index (χ0) is 11.5. The van der Waals surface area contributed by atoms with Gasteiger partial charge in [-0.05, 0) is 33.6 Å². The Morgan fingerprint density at radius 2 is 1.87 bits per heavy atom. The van der Waals surface area contributed by atoms with Crippen molar-refractivity contribution in [2.24, 2.45) is 0 Å². The van der Waals surface area contributed by atoms with Gasteiger partial charge in [0.1, 0.15) is 6.61 Å². The van der Waals surface area contributed by atoms with Crippen LogP contribution in [-0.2, 0) is 9.53 Å². The zero-order valence-corrected chi connectivity index (χ0v) is 10.4. The molecule has 0 aromatic rings. The number of amides is 1. The highest BCUT2D eigenvalue weighted by Crippen LogP contribution is 2.22. The smallest absolute Gasteiger partial charge is 0.248 e. The summed E-state index contributed by atoms with van der Waals surface area (Å²) in [6.07, 6.45) is 4.81. The standard InChI is InChI=1S/C12H23NO2/c1-12(2,3)15-9-11(14)13(4)10-7-5-6-8-10/h10H,5-9H2,1-4H3. The Kier molecular flexibility index (Phi) is 4.14. The third-order valence-electron chi connectivity index (χ3n) is 2.89. The lowest BCUT2D eigenvalue weighted by atomic mass is 10.2. The molecule has 0 radical (unpaired) electrons. The van der Waals surface area contributed by atoms with Crippen molar-refractivity contribution in [3.63, 3.8) is 0 Å². The Hall–Kier alpha value is -0.570. The topological polar surface area (TPSA) is 29.5 Å². The van der Waals surface area contributed by atoms with Gasteiger partial charge in [-0.25, -0.2) is 0 Å². The van der Waals surface area contributed by atoms with Crippen molar-refractivity contribution in [1.29, 1.82) is 0 Å². The Balaban J connectivity index is 2.32. The summed E-state index contributed by atoms with van der Waals surface area (Å²) in [5.74, 6) is 0.108. The van der Waals surface area contributed by atoms with Crippen LogP contribution in [-0.4, -0.2) is 36.1 Å². The summed E-state index contributed by atoms with van der Waals surface area (Å²) in [5, 5.41) is 0. The highest BCUT2D eigenvalue weighted by atomic mass is 16.5. The van der Waals surface area contributed by atoms with Gasteiger partial charge in [0, 0.05) is 13.1 Å². The van der Waals surface area contributed by atoms with E-state index in [1.165, 1.54) is 12.8 Å². The first-order valence-corrected chi connectivity index (χ1v) is 5.80. The molecule has 0 spiro atoms. The highest BCUT2D eigenvalue weighted by Gasteiger charge is 2.24. The van der Waals surface area contributed by atoms with Gasteiger partial charge in [-0.2, -0.15) is 0 Å². The molecule has 1 amide bonds. The molecule has 15 heavy (non-hydrogen) atoms. The van der Waals surface area contributed by atoms with Crippen LogP contribution in [0.3, 0.4) is 0 Å². The van der Waals surface area contributed by atoms with Gasteiger partial charge in [0.2, 0.25) is 5.91 Å². The van der Waals surface area contributed by atoms with Gasteiger partial charge in [-0.3, -0.25) is 4.79 Å². The molecule has 0 bridgehead atoms. The van der Waals surface area contributed by atoms with Crippen molar-refractivity contribution in [2.45, 2.75) is 58.1 Å². The minimum absolute atomic E-state index is 0.108. The van der Waals surface area contributed by atoms with E-state index in [1.807, 2.05) is 32.7 Å². The molecule has 0 aromatic carbocycles.